The second-order valence-corrected chi connectivity index (χ2v) is 10.5. The van der Waals surface area contributed by atoms with Gasteiger partial charge in [-0.3, -0.25) is 9.59 Å². The summed E-state index contributed by atoms with van der Waals surface area (Å²) in [5.41, 5.74) is 3.44. The maximum atomic E-state index is 13.5. The van der Waals surface area contributed by atoms with E-state index in [1.54, 1.807) is 0 Å². The van der Waals surface area contributed by atoms with Gasteiger partial charge in [0.15, 0.2) is 5.13 Å². The zero-order valence-electron chi connectivity index (χ0n) is 18.6. The lowest BCUT2D eigenvalue weighted by Crippen LogP contribution is -2.57. The Bertz CT molecular complexity index is 1110. The average molecular weight is 454 g/mol. The largest absolute Gasteiger partial charge is 0.371 e. The predicted octanol–water partition coefficient (Wildman–Crippen LogP) is 3.20. The molecule has 4 aliphatic heterocycles. The van der Waals surface area contributed by atoms with E-state index in [9.17, 15) is 9.59 Å². The number of hydrogen-bond donors (Lipinski definition) is 1. The van der Waals surface area contributed by atoms with Crippen molar-refractivity contribution in [2.24, 2.45) is 5.92 Å². The van der Waals surface area contributed by atoms with Gasteiger partial charge in [-0.2, -0.15) is 0 Å². The van der Waals surface area contributed by atoms with Gasteiger partial charge in [-0.05, 0) is 44.2 Å². The molecule has 5 aliphatic rings. The van der Waals surface area contributed by atoms with Crippen molar-refractivity contribution in [2.75, 3.05) is 23.3 Å². The Morgan fingerprint density at radius 1 is 1.28 bits per heavy atom. The molecular weight excluding hydrogens is 426 g/mol. The van der Waals surface area contributed by atoms with Gasteiger partial charge in [0.2, 0.25) is 5.91 Å². The number of morpholine rings is 1. The van der Waals surface area contributed by atoms with Crippen LogP contribution in [0.1, 0.15) is 54.7 Å². The molecule has 3 saturated heterocycles. The molecule has 2 aromatic rings. The lowest BCUT2D eigenvalue weighted by Gasteiger charge is -2.47. The number of piperidine rings is 1. The van der Waals surface area contributed by atoms with Crippen molar-refractivity contribution < 1.29 is 14.3 Å². The molecule has 1 N–H and O–H groups in total. The van der Waals surface area contributed by atoms with Crippen molar-refractivity contribution >= 4 is 34.1 Å². The summed E-state index contributed by atoms with van der Waals surface area (Å²) in [6, 6.07) is 2.30. The molecule has 2 aromatic heterocycles. The first-order valence-electron chi connectivity index (χ1n) is 11.4. The summed E-state index contributed by atoms with van der Waals surface area (Å²) < 4.78 is 5.83. The molecule has 3 atom stereocenters. The molecule has 1 saturated carbocycles. The van der Waals surface area contributed by atoms with Gasteiger partial charge in [-0.25, -0.2) is 9.97 Å². The van der Waals surface area contributed by atoms with Crippen LogP contribution >= 0.6 is 11.3 Å². The fourth-order valence-electron chi connectivity index (χ4n) is 5.21. The van der Waals surface area contributed by atoms with Crippen LogP contribution in [0, 0.1) is 12.8 Å². The molecule has 168 valence electrons. The van der Waals surface area contributed by atoms with Gasteiger partial charge in [0.25, 0.3) is 5.91 Å². The molecule has 6 heterocycles. The van der Waals surface area contributed by atoms with E-state index in [4.69, 9.17) is 9.72 Å². The number of fused-ring (bicyclic) bond motifs is 3. The number of pyridine rings is 1. The number of ether oxygens (including phenoxy) is 1. The Labute approximate surface area is 191 Å². The van der Waals surface area contributed by atoms with Gasteiger partial charge >= 0.3 is 0 Å². The summed E-state index contributed by atoms with van der Waals surface area (Å²) >= 11 is 1.43. The summed E-state index contributed by atoms with van der Waals surface area (Å²) in [5.74, 6) is 1.35. The Kier molecular flexibility index (Phi) is 4.55. The maximum absolute atomic E-state index is 13.5. The zero-order valence-corrected chi connectivity index (χ0v) is 19.4. The second-order valence-electron chi connectivity index (χ2n) is 9.51. The van der Waals surface area contributed by atoms with Crippen molar-refractivity contribution in [1.29, 1.82) is 0 Å². The SMILES string of the molecule is CC(=O)Nc1nc(C)c(-c2cc3c(c(N4CC5CC(C4)O5)n2)C(=O)N(C(C)C2CC2)C3)s1. The summed E-state index contributed by atoms with van der Waals surface area (Å²) in [6.45, 7) is 7.75. The second kappa shape index (κ2) is 7.25. The molecule has 2 bridgehead atoms. The van der Waals surface area contributed by atoms with E-state index in [0.717, 1.165) is 52.7 Å². The van der Waals surface area contributed by atoms with Gasteiger partial charge in [0, 0.05) is 39.0 Å². The van der Waals surface area contributed by atoms with Crippen LogP contribution in [0.25, 0.3) is 10.6 Å². The fourth-order valence-corrected chi connectivity index (χ4v) is 6.19. The van der Waals surface area contributed by atoms with Crippen LogP contribution in [0.3, 0.4) is 0 Å². The minimum absolute atomic E-state index is 0.105. The number of rotatable bonds is 5. The number of amides is 2. The fraction of sp³-hybridized carbons (Fsp3) is 0.565. The van der Waals surface area contributed by atoms with Crippen molar-refractivity contribution in [2.45, 2.75) is 64.8 Å². The van der Waals surface area contributed by atoms with Crippen molar-refractivity contribution in [3.63, 3.8) is 0 Å². The van der Waals surface area contributed by atoms with Crippen LogP contribution in [0.5, 0.6) is 0 Å². The van der Waals surface area contributed by atoms with Crippen molar-refractivity contribution in [3.8, 4) is 10.6 Å². The third-order valence-electron chi connectivity index (χ3n) is 7.06. The first-order chi connectivity index (χ1) is 15.4. The highest BCUT2D eigenvalue weighted by atomic mass is 32.1. The normalized spacial score (nSPS) is 24.9. The highest BCUT2D eigenvalue weighted by Gasteiger charge is 2.44. The zero-order chi connectivity index (χ0) is 22.1. The van der Waals surface area contributed by atoms with E-state index in [2.05, 4.69) is 28.2 Å². The Hall–Kier alpha value is -2.52. The molecule has 0 radical (unpaired) electrons. The van der Waals surface area contributed by atoms with E-state index in [-0.39, 0.29) is 30.1 Å². The highest BCUT2D eigenvalue weighted by Crippen LogP contribution is 2.43. The summed E-state index contributed by atoms with van der Waals surface area (Å²) in [7, 11) is 0. The summed E-state index contributed by atoms with van der Waals surface area (Å²) in [6.07, 6.45) is 3.95. The Morgan fingerprint density at radius 2 is 2.00 bits per heavy atom. The number of nitrogens with one attached hydrogen (secondary N) is 1. The molecule has 32 heavy (non-hydrogen) atoms. The van der Waals surface area contributed by atoms with Gasteiger partial charge in [-0.1, -0.05) is 11.3 Å². The third kappa shape index (κ3) is 3.29. The molecular formula is C23H27N5O3S. The quantitative estimate of drug-likeness (QED) is 0.748. The molecule has 3 unspecified atom stereocenters. The van der Waals surface area contributed by atoms with Gasteiger partial charge in [0.1, 0.15) is 5.82 Å². The minimum atomic E-state index is -0.143. The topological polar surface area (TPSA) is 87.7 Å². The lowest BCUT2D eigenvalue weighted by atomic mass is 9.98. The lowest BCUT2D eigenvalue weighted by molar-refractivity contribution is -0.133. The van der Waals surface area contributed by atoms with Crippen molar-refractivity contribution in [3.05, 3.63) is 22.9 Å². The van der Waals surface area contributed by atoms with Crippen LogP contribution < -0.4 is 10.2 Å². The molecule has 0 aromatic carbocycles. The molecule has 2 amide bonds. The van der Waals surface area contributed by atoms with Crippen LogP contribution in [-0.4, -0.2) is 58.0 Å². The van der Waals surface area contributed by atoms with Gasteiger partial charge < -0.3 is 19.9 Å². The number of thiazole rings is 1. The summed E-state index contributed by atoms with van der Waals surface area (Å²) in [4.78, 5) is 39.8. The van der Waals surface area contributed by atoms with E-state index in [1.165, 1.54) is 31.1 Å². The number of aryl methyl sites for hydroxylation is 1. The van der Waals surface area contributed by atoms with Crippen molar-refractivity contribution in [1.82, 2.24) is 14.9 Å². The first kappa shape index (κ1) is 20.1. The number of carbonyl (C=O) groups is 2. The molecule has 9 heteroatoms. The third-order valence-corrected chi connectivity index (χ3v) is 8.16. The van der Waals surface area contributed by atoms with Gasteiger partial charge in [0.05, 0.1) is 34.0 Å². The van der Waals surface area contributed by atoms with E-state index < -0.39 is 0 Å². The number of anilines is 2. The number of carbonyl (C=O) groups excluding carboxylic acids is 2. The molecule has 8 nitrogen and oxygen atoms in total. The summed E-state index contributed by atoms with van der Waals surface area (Å²) in [5, 5.41) is 3.35. The van der Waals surface area contributed by atoms with Crippen LogP contribution in [0.4, 0.5) is 10.9 Å². The van der Waals surface area contributed by atoms with Gasteiger partial charge in [-0.15, -0.1) is 0 Å². The molecule has 1 aliphatic carbocycles. The Balaban J connectivity index is 1.42. The maximum Gasteiger partial charge on any atom is 0.258 e. The first-order valence-corrected chi connectivity index (χ1v) is 12.2. The number of aromatic nitrogens is 2. The smallest absolute Gasteiger partial charge is 0.258 e. The molecule has 7 rings (SSSR count). The molecule has 0 spiro atoms. The predicted molar refractivity (Wildman–Crippen MR) is 122 cm³/mol. The average Bonchev–Trinajstić information content (AvgIpc) is 3.45. The molecule has 4 fully saturated rings. The van der Waals surface area contributed by atoms with Crippen LogP contribution in [0.2, 0.25) is 0 Å². The Morgan fingerprint density at radius 3 is 2.66 bits per heavy atom. The van der Waals surface area contributed by atoms with E-state index >= 15 is 0 Å². The minimum Gasteiger partial charge on any atom is -0.371 e. The monoisotopic (exact) mass is 453 g/mol. The number of hydrogen-bond acceptors (Lipinski definition) is 7. The number of nitrogens with zero attached hydrogens (tertiary/aromatic N) is 4. The highest BCUT2D eigenvalue weighted by molar-refractivity contribution is 7.19. The van der Waals surface area contributed by atoms with E-state index in [1.807, 2.05) is 11.8 Å². The van der Waals surface area contributed by atoms with E-state index in [0.29, 0.717) is 17.6 Å². The van der Waals surface area contributed by atoms with Crippen LogP contribution in [0.15, 0.2) is 6.07 Å². The standard InChI is InChI=1S/C23H27N5O3S/c1-11-20(32-23(24-11)25-13(3)29)18-6-15-8-28(12(2)14-4-5-14)22(30)19(15)21(26-18)27-9-16-7-17(10-27)31-16/h6,12,14,16-17H,4-5,7-10H2,1-3H3,(H,24,25,29). The van der Waals surface area contributed by atoms with Crippen LogP contribution in [-0.2, 0) is 16.1 Å².